The van der Waals surface area contributed by atoms with E-state index in [2.05, 4.69) is 10.3 Å². The first kappa shape index (κ1) is 16.0. The van der Waals surface area contributed by atoms with Gasteiger partial charge in [-0.05, 0) is 36.2 Å². The first-order valence-electron chi connectivity index (χ1n) is 7.22. The van der Waals surface area contributed by atoms with E-state index in [4.69, 9.17) is 0 Å². The van der Waals surface area contributed by atoms with Crippen molar-refractivity contribution >= 4 is 5.91 Å². The minimum Gasteiger partial charge on any atom is -0.508 e. The molecule has 3 N–H and O–H groups in total. The molecular formula is C17H20N2O3. The molecule has 0 fully saturated rings. The Morgan fingerprint density at radius 2 is 1.95 bits per heavy atom. The Balaban J connectivity index is 1.79. The van der Waals surface area contributed by atoms with Crippen LogP contribution in [-0.4, -0.2) is 34.3 Å². The largest absolute Gasteiger partial charge is 0.508 e. The number of pyridine rings is 1. The summed E-state index contributed by atoms with van der Waals surface area (Å²) in [6.07, 6.45) is 2.59. The average Bonchev–Trinajstić information content (AvgIpc) is 2.54. The lowest BCUT2D eigenvalue weighted by atomic mass is 10.0. The highest BCUT2D eigenvalue weighted by atomic mass is 16.3. The van der Waals surface area contributed by atoms with Crippen molar-refractivity contribution in [1.29, 1.82) is 0 Å². The molecule has 1 aromatic carbocycles. The van der Waals surface area contributed by atoms with E-state index >= 15 is 0 Å². The van der Waals surface area contributed by atoms with Gasteiger partial charge >= 0.3 is 0 Å². The summed E-state index contributed by atoms with van der Waals surface area (Å²) in [5.41, 5.74) is 1.73. The number of phenols is 1. The molecule has 0 radical (unpaired) electrons. The molecule has 2 aromatic rings. The van der Waals surface area contributed by atoms with E-state index < -0.39 is 0 Å². The summed E-state index contributed by atoms with van der Waals surface area (Å²) in [5, 5.41) is 21.4. The van der Waals surface area contributed by atoms with Crippen molar-refractivity contribution in [2.24, 2.45) is 5.92 Å². The second-order valence-electron chi connectivity index (χ2n) is 5.22. The van der Waals surface area contributed by atoms with Crippen LogP contribution in [-0.2, 0) is 17.6 Å². The lowest BCUT2D eigenvalue weighted by Crippen LogP contribution is -2.33. The average molecular weight is 300 g/mol. The number of rotatable bonds is 7. The number of hydrogen-bond donors (Lipinski definition) is 3. The van der Waals surface area contributed by atoms with Crippen LogP contribution >= 0.6 is 0 Å². The number of carbonyl (C=O) groups excluding carboxylic acids is 1. The van der Waals surface area contributed by atoms with E-state index in [1.807, 2.05) is 18.2 Å². The molecule has 1 aromatic heterocycles. The van der Waals surface area contributed by atoms with Gasteiger partial charge in [-0.3, -0.25) is 9.78 Å². The number of aromatic hydroxyl groups is 1. The Morgan fingerprint density at radius 1 is 1.18 bits per heavy atom. The van der Waals surface area contributed by atoms with Crippen LogP contribution < -0.4 is 5.32 Å². The van der Waals surface area contributed by atoms with Gasteiger partial charge in [0.05, 0.1) is 6.42 Å². The number of nitrogens with one attached hydrogen (secondary N) is 1. The summed E-state index contributed by atoms with van der Waals surface area (Å²) in [6, 6.07) is 12.2. The molecule has 0 saturated carbocycles. The lowest BCUT2D eigenvalue weighted by molar-refractivity contribution is -0.120. The van der Waals surface area contributed by atoms with Gasteiger partial charge in [0.25, 0.3) is 0 Å². The van der Waals surface area contributed by atoms with Gasteiger partial charge in [-0.2, -0.15) is 0 Å². The Labute approximate surface area is 129 Å². The number of aliphatic hydroxyl groups is 1. The van der Waals surface area contributed by atoms with Gasteiger partial charge in [-0.25, -0.2) is 0 Å². The number of aliphatic hydroxyl groups excluding tert-OH is 1. The quantitative estimate of drug-likeness (QED) is 0.720. The van der Waals surface area contributed by atoms with Gasteiger partial charge < -0.3 is 15.5 Å². The Kier molecular flexibility index (Phi) is 5.91. The molecule has 0 aliphatic carbocycles. The maximum atomic E-state index is 11.9. The van der Waals surface area contributed by atoms with Gasteiger partial charge in [0.1, 0.15) is 5.75 Å². The van der Waals surface area contributed by atoms with E-state index in [1.54, 1.807) is 30.5 Å². The predicted octanol–water partition coefficient (Wildman–Crippen LogP) is 1.30. The molecule has 5 nitrogen and oxygen atoms in total. The Hall–Kier alpha value is -2.40. The molecule has 1 unspecified atom stereocenters. The first-order chi connectivity index (χ1) is 10.7. The van der Waals surface area contributed by atoms with Gasteiger partial charge in [-0.1, -0.05) is 18.2 Å². The van der Waals surface area contributed by atoms with Crippen LogP contribution in [0, 0.1) is 5.92 Å². The topological polar surface area (TPSA) is 82.5 Å². The number of amides is 1. The summed E-state index contributed by atoms with van der Waals surface area (Å²) in [5.74, 6) is 0.0173. The van der Waals surface area contributed by atoms with Crippen molar-refractivity contribution in [3.8, 4) is 5.75 Å². The molecule has 1 amide bonds. The van der Waals surface area contributed by atoms with E-state index in [1.165, 1.54) is 0 Å². The van der Waals surface area contributed by atoms with Crippen molar-refractivity contribution in [1.82, 2.24) is 10.3 Å². The van der Waals surface area contributed by atoms with Gasteiger partial charge in [-0.15, -0.1) is 0 Å². The summed E-state index contributed by atoms with van der Waals surface area (Å²) in [7, 11) is 0. The van der Waals surface area contributed by atoms with E-state index in [-0.39, 0.29) is 30.6 Å². The van der Waals surface area contributed by atoms with Crippen molar-refractivity contribution in [3.05, 3.63) is 59.9 Å². The SMILES string of the molecule is O=C(Cc1ccc(O)cc1)NCC(CO)Cc1ccccn1. The maximum Gasteiger partial charge on any atom is 0.224 e. The molecule has 0 saturated heterocycles. The zero-order chi connectivity index (χ0) is 15.8. The summed E-state index contributed by atoms with van der Waals surface area (Å²) in [4.78, 5) is 16.1. The third-order valence-corrected chi connectivity index (χ3v) is 3.37. The van der Waals surface area contributed by atoms with E-state index in [0.29, 0.717) is 13.0 Å². The Morgan fingerprint density at radius 3 is 2.59 bits per heavy atom. The number of nitrogens with zero attached hydrogens (tertiary/aromatic N) is 1. The van der Waals surface area contributed by atoms with Crippen molar-refractivity contribution in [2.45, 2.75) is 12.8 Å². The number of benzene rings is 1. The molecule has 0 aliphatic rings. The lowest BCUT2D eigenvalue weighted by Gasteiger charge is -2.14. The number of hydrogen-bond acceptors (Lipinski definition) is 4. The van der Waals surface area contributed by atoms with E-state index in [0.717, 1.165) is 11.3 Å². The van der Waals surface area contributed by atoms with Crippen LogP contribution in [0.5, 0.6) is 5.75 Å². The van der Waals surface area contributed by atoms with Crippen LogP contribution in [0.3, 0.4) is 0 Å². The molecule has 116 valence electrons. The van der Waals surface area contributed by atoms with Crippen molar-refractivity contribution in [3.63, 3.8) is 0 Å². The number of carbonyl (C=O) groups is 1. The smallest absolute Gasteiger partial charge is 0.224 e. The second kappa shape index (κ2) is 8.14. The first-order valence-corrected chi connectivity index (χ1v) is 7.22. The van der Waals surface area contributed by atoms with E-state index in [9.17, 15) is 15.0 Å². The van der Waals surface area contributed by atoms with Gasteiger partial charge in [0, 0.05) is 31.0 Å². The van der Waals surface area contributed by atoms with Crippen LogP contribution in [0.15, 0.2) is 48.7 Å². The highest BCUT2D eigenvalue weighted by Gasteiger charge is 2.11. The summed E-state index contributed by atoms with van der Waals surface area (Å²) >= 11 is 0. The van der Waals surface area contributed by atoms with Gasteiger partial charge in [0.2, 0.25) is 5.91 Å². The van der Waals surface area contributed by atoms with Crippen LogP contribution in [0.25, 0.3) is 0 Å². The Bertz CT molecular complexity index is 585. The third-order valence-electron chi connectivity index (χ3n) is 3.37. The monoisotopic (exact) mass is 300 g/mol. The molecule has 5 heteroatoms. The molecule has 1 atom stereocenters. The zero-order valence-electron chi connectivity index (χ0n) is 12.3. The van der Waals surface area contributed by atoms with Crippen LogP contribution in [0.4, 0.5) is 0 Å². The fraction of sp³-hybridized carbons (Fsp3) is 0.294. The van der Waals surface area contributed by atoms with Crippen molar-refractivity contribution < 1.29 is 15.0 Å². The summed E-state index contributed by atoms with van der Waals surface area (Å²) < 4.78 is 0. The molecule has 0 aliphatic heterocycles. The predicted molar refractivity (Wildman–Crippen MR) is 83.3 cm³/mol. The fourth-order valence-electron chi connectivity index (χ4n) is 2.14. The standard InChI is InChI=1S/C17H20N2O3/c20-12-14(9-15-3-1-2-8-18-15)11-19-17(22)10-13-4-6-16(21)7-5-13/h1-8,14,20-21H,9-12H2,(H,19,22). The summed E-state index contributed by atoms with van der Waals surface area (Å²) in [6.45, 7) is 0.403. The fourth-order valence-corrected chi connectivity index (χ4v) is 2.14. The normalized spacial score (nSPS) is 11.9. The minimum atomic E-state index is -0.106. The number of phenolic OH excluding ortho intramolecular Hbond substituents is 1. The maximum absolute atomic E-state index is 11.9. The minimum absolute atomic E-state index is 0.00391. The van der Waals surface area contributed by atoms with Crippen LogP contribution in [0.1, 0.15) is 11.3 Å². The molecular weight excluding hydrogens is 280 g/mol. The zero-order valence-corrected chi connectivity index (χ0v) is 12.3. The molecule has 0 spiro atoms. The van der Waals surface area contributed by atoms with Crippen molar-refractivity contribution in [2.75, 3.05) is 13.2 Å². The van der Waals surface area contributed by atoms with Crippen LogP contribution in [0.2, 0.25) is 0 Å². The molecule has 2 rings (SSSR count). The molecule has 1 heterocycles. The molecule has 22 heavy (non-hydrogen) atoms. The molecule has 0 bridgehead atoms. The number of aromatic nitrogens is 1. The third kappa shape index (κ3) is 5.18. The highest BCUT2D eigenvalue weighted by Crippen LogP contribution is 2.10. The highest BCUT2D eigenvalue weighted by molar-refractivity contribution is 5.78. The second-order valence-corrected chi connectivity index (χ2v) is 5.22. The van der Waals surface area contributed by atoms with Gasteiger partial charge in [0.15, 0.2) is 0 Å².